The van der Waals surface area contributed by atoms with E-state index in [1.54, 1.807) is 0 Å². The van der Waals surface area contributed by atoms with Crippen molar-refractivity contribution >= 4 is 15.9 Å². The minimum atomic E-state index is 0.675. The van der Waals surface area contributed by atoms with Gasteiger partial charge in [-0.3, -0.25) is 4.90 Å². The molecule has 0 spiro atoms. The summed E-state index contributed by atoms with van der Waals surface area (Å²) in [4.78, 5) is 2.66. The molecule has 0 saturated carbocycles. The van der Waals surface area contributed by atoms with E-state index in [9.17, 15) is 0 Å². The van der Waals surface area contributed by atoms with E-state index in [2.05, 4.69) is 46.8 Å². The van der Waals surface area contributed by atoms with Gasteiger partial charge in [-0.1, -0.05) is 13.8 Å². The SMILES string of the molecule is CCCN(CCC)[C@H]1Cc2cc(Br)c(OCC)cc2C1. The highest BCUT2D eigenvalue weighted by atomic mass is 79.9. The molecule has 0 fully saturated rings. The van der Waals surface area contributed by atoms with Gasteiger partial charge in [0.05, 0.1) is 11.1 Å². The highest BCUT2D eigenvalue weighted by Crippen LogP contribution is 2.34. The van der Waals surface area contributed by atoms with Crippen LogP contribution in [0.1, 0.15) is 44.7 Å². The number of ether oxygens (including phenoxy) is 1. The second-order valence-electron chi connectivity index (χ2n) is 5.58. The van der Waals surface area contributed by atoms with Crippen LogP contribution < -0.4 is 4.74 Å². The van der Waals surface area contributed by atoms with Crippen molar-refractivity contribution in [2.24, 2.45) is 0 Å². The molecule has 3 heteroatoms. The maximum Gasteiger partial charge on any atom is 0.133 e. The topological polar surface area (TPSA) is 12.5 Å². The van der Waals surface area contributed by atoms with Gasteiger partial charge in [-0.05, 0) is 84.9 Å². The summed E-state index contributed by atoms with van der Waals surface area (Å²) in [5.74, 6) is 0.990. The Morgan fingerprint density at radius 3 is 2.25 bits per heavy atom. The molecule has 1 atom stereocenters. The van der Waals surface area contributed by atoms with Crippen LogP contribution in [-0.4, -0.2) is 30.6 Å². The third-order valence-electron chi connectivity index (χ3n) is 4.00. The van der Waals surface area contributed by atoms with Gasteiger partial charge < -0.3 is 4.74 Å². The lowest BCUT2D eigenvalue weighted by Crippen LogP contribution is -2.37. The molecule has 112 valence electrons. The summed E-state index contributed by atoms with van der Waals surface area (Å²) < 4.78 is 6.79. The van der Waals surface area contributed by atoms with Crippen LogP contribution in [0.4, 0.5) is 0 Å². The van der Waals surface area contributed by atoms with Gasteiger partial charge >= 0.3 is 0 Å². The van der Waals surface area contributed by atoms with Gasteiger partial charge in [0.1, 0.15) is 5.75 Å². The molecule has 1 aromatic rings. The van der Waals surface area contributed by atoms with E-state index >= 15 is 0 Å². The van der Waals surface area contributed by atoms with Crippen molar-refractivity contribution in [3.63, 3.8) is 0 Å². The molecule has 0 aliphatic heterocycles. The quantitative estimate of drug-likeness (QED) is 0.728. The maximum absolute atomic E-state index is 5.69. The lowest BCUT2D eigenvalue weighted by Gasteiger charge is -2.27. The zero-order valence-electron chi connectivity index (χ0n) is 12.9. The predicted octanol–water partition coefficient (Wildman–Crippen LogP) is 4.44. The summed E-state index contributed by atoms with van der Waals surface area (Å²) in [7, 11) is 0. The number of hydrogen-bond acceptors (Lipinski definition) is 2. The Balaban J connectivity index is 2.13. The maximum atomic E-state index is 5.69. The van der Waals surface area contributed by atoms with E-state index < -0.39 is 0 Å². The highest BCUT2D eigenvalue weighted by Gasteiger charge is 2.27. The molecule has 1 aliphatic rings. The van der Waals surface area contributed by atoms with E-state index in [1.165, 1.54) is 49.9 Å². The molecule has 0 radical (unpaired) electrons. The van der Waals surface area contributed by atoms with Gasteiger partial charge in [0.25, 0.3) is 0 Å². The normalized spacial score (nSPS) is 17.6. The van der Waals surface area contributed by atoms with Gasteiger partial charge in [0.15, 0.2) is 0 Å². The average Bonchev–Trinajstić information content (AvgIpc) is 2.82. The molecule has 0 N–H and O–H groups in total. The number of nitrogens with zero attached hydrogens (tertiary/aromatic N) is 1. The van der Waals surface area contributed by atoms with Crippen molar-refractivity contribution in [1.82, 2.24) is 4.90 Å². The molecular formula is C17H26BrNO. The van der Waals surface area contributed by atoms with Crippen LogP contribution in [0.2, 0.25) is 0 Å². The molecule has 0 saturated heterocycles. The van der Waals surface area contributed by atoms with Gasteiger partial charge in [-0.15, -0.1) is 0 Å². The Kier molecular flexibility index (Phi) is 5.91. The monoisotopic (exact) mass is 339 g/mol. The molecule has 0 heterocycles. The molecule has 0 unspecified atom stereocenters. The van der Waals surface area contributed by atoms with Crippen molar-refractivity contribution in [2.75, 3.05) is 19.7 Å². The van der Waals surface area contributed by atoms with E-state index in [-0.39, 0.29) is 0 Å². The fourth-order valence-corrected chi connectivity index (χ4v) is 3.68. The number of rotatable bonds is 7. The van der Waals surface area contributed by atoms with Gasteiger partial charge in [-0.25, -0.2) is 0 Å². The Morgan fingerprint density at radius 1 is 1.10 bits per heavy atom. The smallest absolute Gasteiger partial charge is 0.133 e. The third-order valence-corrected chi connectivity index (χ3v) is 4.62. The van der Waals surface area contributed by atoms with E-state index in [0.29, 0.717) is 6.04 Å². The third kappa shape index (κ3) is 3.56. The van der Waals surface area contributed by atoms with Gasteiger partial charge in [0.2, 0.25) is 0 Å². The van der Waals surface area contributed by atoms with Crippen molar-refractivity contribution < 1.29 is 4.74 Å². The zero-order chi connectivity index (χ0) is 14.5. The van der Waals surface area contributed by atoms with Crippen LogP contribution >= 0.6 is 15.9 Å². The van der Waals surface area contributed by atoms with Gasteiger partial charge in [-0.2, -0.15) is 0 Å². The minimum Gasteiger partial charge on any atom is -0.493 e. The Bertz CT molecular complexity index is 441. The number of hydrogen-bond donors (Lipinski definition) is 0. The minimum absolute atomic E-state index is 0.675. The first-order valence-corrected chi connectivity index (χ1v) is 8.67. The standard InChI is InChI=1S/C17H26BrNO/c1-4-7-19(8-5-2)15-9-13-11-16(18)17(20-6-3)12-14(13)10-15/h11-12,15H,4-10H2,1-3H3/t15-/m0/s1. The molecule has 0 bridgehead atoms. The summed E-state index contributed by atoms with van der Waals surface area (Å²) >= 11 is 3.63. The first-order chi connectivity index (χ1) is 9.69. The summed E-state index contributed by atoms with van der Waals surface area (Å²) in [6.07, 6.45) is 4.82. The van der Waals surface area contributed by atoms with E-state index in [0.717, 1.165) is 16.8 Å². The second-order valence-corrected chi connectivity index (χ2v) is 6.44. The lowest BCUT2D eigenvalue weighted by molar-refractivity contribution is 0.202. The summed E-state index contributed by atoms with van der Waals surface area (Å²) in [6.45, 7) is 9.73. The summed E-state index contributed by atoms with van der Waals surface area (Å²) in [6, 6.07) is 5.17. The van der Waals surface area contributed by atoms with Crippen LogP contribution in [0, 0.1) is 0 Å². The molecule has 1 aliphatic carbocycles. The molecule has 0 aromatic heterocycles. The summed E-state index contributed by atoms with van der Waals surface area (Å²) in [5, 5.41) is 0. The molecule has 2 nitrogen and oxygen atoms in total. The molecule has 0 amide bonds. The van der Waals surface area contributed by atoms with Crippen molar-refractivity contribution in [1.29, 1.82) is 0 Å². The Labute approximate surface area is 131 Å². The highest BCUT2D eigenvalue weighted by molar-refractivity contribution is 9.10. The van der Waals surface area contributed by atoms with Gasteiger partial charge in [0, 0.05) is 6.04 Å². The number of halogens is 1. The van der Waals surface area contributed by atoms with E-state index in [4.69, 9.17) is 4.74 Å². The van der Waals surface area contributed by atoms with Crippen molar-refractivity contribution in [3.8, 4) is 5.75 Å². The lowest BCUT2D eigenvalue weighted by atomic mass is 10.1. The zero-order valence-corrected chi connectivity index (χ0v) is 14.5. The molecule has 20 heavy (non-hydrogen) atoms. The molecule has 2 rings (SSSR count). The van der Waals surface area contributed by atoms with Crippen LogP contribution in [-0.2, 0) is 12.8 Å². The van der Waals surface area contributed by atoms with Crippen molar-refractivity contribution in [2.45, 2.75) is 52.5 Å². The van der Waals surface area contributed by atoms with Crippen LogP contribution in [0.5, 0.6) is 5.75 Å². The van der Waals surface area contributed by atoms with Crippen molar-refractivity contribution in [3.05, 3.63) is 27.7 Å². The fourth-order valence-electron chi connectivity index (χ4n) is 3.17. The Morgan fingerprint density at radius 2 is 1.70 bits per heavy atom. The first kappa shape index (κ1) is 15.8. The molecular weight excluding hydrogens is 314 g/mol. The fraction of sp³-hybridized carbons (Fsp3) is 0.647. The average molecular weight is 340 g/mol. The van der Waals surface area contributed by atoms with Crippen LogP contribution in [0.25, 0.3) is 0 Å². The predicted molar refractivity (Wildman–Crippen MR) is 88.7 cm³/mol. The number of fused-ring (bicyclic) bond motifs is 1. The first-order valence-electron chi connectivity index (χ1n) is 7.87. The van der Waals surface area contributed by atoms with E-state index in [1.807, 2.05) is 6.92 Å². The Hall–Kier alpha value is -0.540. The van der Waals surface area contributed by atoms with Crippen LogP contribution in [0.3, 0.4) is 0 Å². The second kappa shape index (κ2) is 7.46. The number of benzene rings is 1. The largest absolute Gasteiger partial charge is 0.493 e. The van der Waals surface area contributed by atoms with Crippen LogP contribution in [0.15, 0.2) is 16.6 Å². The summed E-state index contributed by atoms with van der Waals surface area (Å²) in [5.41, 5.74) is 2.96. The molecule has 1 aromatic carbocycles.